The third-order valence-corrected chi connectivity index (χ3v) is 6.93. The Hall–Kier alpha value is -1.80. The number of aryl methyl sites for hydroxylation is 1. The Labute approximate surface area is 184 Å². The Morgan fingerprint density at radius 3 is 2.43 bits per heavy atom. The number of hydrogen-bond acceptors (Lipinski definition) is 5. The number of rotatable bonds is 9. The van der Waals surface area contributed by atoms with E-state index < -0.39 is 10.0 Å². The molecule has 0 spiro atoms. The van der Waals surface area contributed by atoms with E-state index in [4.69, 9.17) is 16.3 Å². The third kappa shape index (κ3) is 6.11. The van der Waals surface area contributed by atoms with Gasteiger partial charge in [0.15, 0.2) is 0 Å². The summed E-state index contributed by atoms with van der Waals surface area (Å²) >= 11 is 5.97. The molecule has 1 aliphatic heterocycles. The fourth-order valence-corrected chi connectivity index (χ4v) is 5.00. The average Bonchev–Trinajstić information content (AvgIpc) is 2.74. The Morgan fingerprint density at radius 2 is 1.77 bits per heavy atom. The zero-order chi connectivity index (χ0) is 21.6. The van der Waals surface area contributed by atoms with Crippen molar-refractivity contribution in [2.45, 2.75) is 25.2 Å². The quantitative estimate of drug-likeness (QED) is 0.591. The van der Waals surface area contributed by atoms with Crippen molar-refractivity contribution in [1.29, 1.82) is 0 Å². The summed E-state index contributed by atoms with van der Waals surface area (Å²) < 4.78 is 33.7. The third-order valence-electron chi connectivity index (χ3n) is 5.20. The van der Waals surface area contributed by atoms with Crippen molar-refractivity contribution >= 4 is 27.3 Å². The summed E-state index contributed by atoms with van der Waals surface area (Å²) in [7, 11) is -3.60. The van der Waals surface area contributed by atoms with Crippen LogP contribution in [0.4, 0.5) is 5.69 Å². The molecule has 0 bridgehead atoms. The first-order chi connectivity index (χ1) is 14.4. The molecule has 0 unspecified atom stereocenters. The van der Waals surface area contributed by atoms with E-state index in [1.54, 1.807) is 12.1 Å². The summed E-state index contributed by atoms with van der Waals surface area (Å²) in [6.45, 7) is 9.23. The maximum absolute atomic E-state index is 12.7. The number of nitrogens with one attached hydrogen (secondary N) is 1. The van der Waals surface area contributed by atoms with E-state index in [-0.39, 0.29) is 4.90 Å². The minimum atomic E-state index is -3.60. The molecule has 0 aliphatic carbocycles. The van der Waals surface area contributed by atoms with E-state index in [0.29, 0.717) is 18.9 Å². The molecule has 0 radical (unpaired) electrons. The van der Waals surface area contributed by atoms with E-state index in [0.717, 1.165) is 49.7 Å². The molecule has 2 aromatic rings. The van der Waals surface area contributed by atoms with Crippen LogP contribution in [0.2, 0.25) is 5.02 Å². The zero-order valence-corrected chi connectivity index (χ0v) is 19.2. The predicted molar refractivity (Wildman–Crippen MR) is 122 cm³/mol. The second-order valence-corrected chi connectivity index (χ2v) is 9.61. The monoisotopic (exact) mass is 451 g/mol. The maximum atomic E-state index is 12.7. The molecule has 0 amide bonds. The molecule has 0 saturated carbocycles. The van der Waals surface area contributed by atoms with Crippen LogP contribution in [-0.2, 0) is 10.0 Å². The number of piperazine rings is 1. The molecule has 0 atom stereocenters. The highest BCUT2D eigenvalue weighted by Gasteiger charge is 2.20. The summed E-state index contributed by atoms with van der Waals surface area (Å²) in [6.07, 6.45) is 0.760. The zero-order valence-electron chi connectivity index (χ0n) is 17.6. The van der Waals surface area contributed by atoms with Crippen molar-refractivity contribution in [3.05, 3.63) is 53.1 Å². The van der Waals surface area contributed by atoms with Gasteiger partial charge in [-0.2, -0.15) is 0 Å². The van der Waals surface area contributed by atoms with Crippen molar-refractivity contribution < 1.29 is 13.2 Å². The topological polar surface area (TPSA) is 61.9 Å². The van der Waals surface area contributed by atoms with Crippen molar-refractivity contribution in [3.63, 3.8) is 0 Å². The summed E-state index contributed by atoms with van der Waals surface area (Å²) in [5, 5.41) is 0.749. The highest BCUT2D eigenvalue weighted by Crippen LogP contribution is 2.25. The Bertz CT molecular complexity index is 927. The molecule has 8 heteroatoms. The van der Waals surface area contributed by atoms with E-state index >= 15 is 0 Å². The van der Waals surface area contributed by atoms with E-state index in [1.807, 2.05) is 32.0 Å². The lowest BCUT2D eigenvalue weighted by Gasteiger charge is -2.36. The first-order valence-corrected chi connectivity index (χ1v) is 12.2. The molecule has 1 fully saturated rings. The highest BCUT2D eigenvalue weighted by atomic mass is 35.5. The summed E-state index contributed by atoms with van der Waals surface area (Å²) in [5.41, 5.74) is 2.08. The standard InChI is InChI=1S/C22H30ClN3O3S/c1-3-29-21-10-5-18(2)17-22(21)30(27,28)24-11-4-12-25-13-15-26(16-14-25)20-8-6-19(23)7-9-20/h5-10,17,24H,3-4,11-16H2,1-2H3. The lowest BCUT2D eigenvalue weighted by Crippen LogP contribution is -2.47. The summed E-state index contributed by atoms with van der Waals surface area (Å²) in [6, 6.07) is 13.2. The second kappa shape index (κ2) is 10.5. The van der Waals surface area contributed by atoms with Gasteiger partial charge in [-0.15, -0.1) is 0 Å². The number of sulfonamides is 1. The molecule has 1 saturated heterocycles. The van der Waals surface area contributed by atoms with Gasteiger partial charge in [0.25, 0.3) is 0 Å². The van der Waals surface area contributed by atoms with Gasteiger partial charge in [0.2, 0.25) is 10.0 Å². The maximum Gasteiger partial charge on any atom is 0.244 e. The van der Waals surface area contributed by atoms with Crippen LogP contribution in [-0.4, -0.2) is 59.2 Å². The summed E-state index contributed by atoms with van der Waals surface area (Å²) in [4.78, 5) is 4.93. The number of halogens is 1. The molecule has 0 aromatic heterocycles. The number of ether oxygens (including phenoxy) is 1. The SMILES string of the molecule is CCOc1ccc(C)cc1S(=O)(=O)NCCCN1CCN(c2ccc(Cl)cc2)CC1. The lowest BCUT2D eigenvalue weighted by atomic mass is 10.2. The minimum Gasteiger partial charge on any atom is -0.492 e. The van der Waals surface area contributed by atoms with Gasteiger partial charge >= 0.3 is 0 Å². The van der Waals surface area contributed by atoms with Crippen LogP contribution in [0.25, 0.3) is 0 Å². The van der Waals surface area contributed by atoms with Crippen molar-refractivity contribution in [2.75, 3.05) is 50.8 Å². The van der Waals surface area contributed by atoms with Crippen LogP contribution in [0.15, 0.2) is 47.4 Å². The van der Waals surface area contributed by atoms with Gasteiger partial charge in [-0.3, -0.25) is 4.90 Å². The van der Waals surface area contributed by atoms with Gasteiger partial charge in [-0.05, 0) is 68.8 Å². The number of hydrogen-bond donors (Lipinski definition) is 1. The van der Waals surface area contributed by atoms with Crippen LogP contribution in [0.3, 0.4) is 0 Å². The van der Waals surface area contributed by atoms with Crippen molar-refractivity contribution in [2.24, 2.45) is 0 Å². The first kappa shape index (κ1) is 22.9. The molecule has 1 aliphatic rings. The normalized spacial score (nSPS) is 15.4. The highest BCUT2D eigenvalue weighted by molar-refractivity contribution is 7.89. The number of anilines is 1. The average molecular weight is 452 g/mol. The lowest BCUT2D eigenvalue weighted by molar-refractivity contribution is 0.255. The molecular weight excluding hydrogens is 422 g/mol. The Balaban J connectivity index is 1.45. The molecule has 2 aromatic carbocycles. The summed E-state index contributed by atoms with van der Waals surface area (Å²) in [5.74, 6) is 0.397. The van der Waals surface area contributed by atoms with Crippen LogP contribution in [0, 0.1) is 6.92 Å². The van der Waals surface area contributed by atoms with E-state index in [2.05, 4.69) is 26.7 Å². The number of benzene rings is 2. The van der Waals surface area contributed by atoms with Gasteiger partial charge in [0, 0.05) is 43.4 Å². The van der Waals surface area contributed by atoms with Gasteiger partial charge < -0.3 is 9.64 Å². The predicted octanol–water partition coefficient (Wildman–Crippen LogP) is 3.54. The molecule has 30 heavy (non-hydrogen) atoms. The fourth-order valence-electron chi connectivity index (χ4n) is 3.57. The molecule has 1 heterocycles. The molecule has 3 rings (SSSR count). The molecule has 1 N–H and O–H groups in total. The minimum absolute atomic E-state index is 0.209. The second-order valence-electron chi connectivity index (χ2n) is 7.44. The first-order valence-electron chi connectivity index (χ1n) is 10.3. The van der Waals surface area contributed by atoms with E-state index in [1.165, 1.54) is 5.69 Å². The van der Waals surface area contributed by atoms with Gasteiger partial charge in [0.05, 0.1) is 6.61 Å². The molecule has 164 valence electrons. The van der Waals surface area contributed by atoms with Gasteiger partial charge in [-0.25, -0.2) is 13.1 Å². The van der Waals surface area contributed by atoms with E-state index in [9.17, 15) is 8.42 Å². The fraction of sp³-hybridized carbons (Fsp3) is 0.455. The van der Waals surface area contributed by atoms with Crippen molar-refractivity contribution in [1.82, 2.24) is 9.62 Å². The Kier molecular flexibility index (Phi) is 7.99. The van der Waals surface area contributed by atoms with Crippen molar-refractivity contribution in [3.8, 4) is 5.75 Å². The molecular formula is C22H30ClN3O3S. The van der Waals surface area contributed by atoms with Crippen LogP contribution in [0.1, 0.15) is 18.9 Å². The Morgan fingerprint density at radius 1 is 1.07 bits per heavy atom. The van der Waals surface area contributed by atoms with Crippen LogP contribution >= 0.6 is 11.6 Å². The largest absolute Gasteiger partial charge is 0.492 e. The number of nitrogens with zero attached hydrogens (tertiary/aromatic N) is 2. The molecule has 6 nitrogen and oxygen atoms in total. The smallest absolute Gasteiger partial charge is 0.244 e. The van der Waals surface area contributed by atoms with Crippen LogP contribution in [0.5, 0.6) is 5.75 Å². The van der Waals surface area contributed by atoms with Crippen LogP contribution < -0.4 is 14.4 Å². The van der Waals surface area contributed by atoms with Gasteiger partial charge in [0.1, 0.15) is 10.6 Å². The van der Waals surface area contributed by atoms with Gasteiger partial charge in [-0.1, -0.05) is 17.7 Å².